The van der Waals surface area contributed by atoms with E-state index in [2.05, 4.69) is 32.9 Å². The van der Waals surface area contributed by atoms with E-state index in [1.54, 1.807) is 6.20 Å². The van der Waals surface area contributed by atoms with E-state index in [-0.39, 0.29) is 11.4 Å². The first-order valence-electron chi connectivity index (χ1n) is 6.86. The first kappa shape index (κ1) is 13.8. The summed E-state index contributed by atoms with van der Waals surface area (Å²) in [6.07, 6.45) is 2.38. The molecule has 0 radical (unpaired) electrons. The number of nitrogens with one attached hydrogen (secondary N) is 2. The van der Waals surface area contributed by atoms with Crippen LogP contribution in [0.15, 0.2) is 28.8 Å². The maximum absolute atomic E-state index is 9.17. The minimum absolute atomic E-state index is 0.243. The van der Waals surface area contributed by atoms with Crippen LogP contribution in [0, 0.1) is 18.3 Å². The van der Waals surface area contributed by atoms with Crippen molar-refractivity contribution in [1.82, 2.24) is 20.6 Å². The molecular formula is C15H14N6O. The van der Waals surface area contributed by atoms with E-state index in [1.165, 1.54) is 0 Å². The highest BCUT2D eigenvalue weighted by atomic mass is 16.3. The minimum atomic E-state index is 0.243. The normalized spacial score (nSPS) is 11.6. The third-order valence-electron chi connectivity index (χ3n) is 3.46. The molecule has 110 valence electrons. The van der Waals surface area contributed by atoms with Gasteiger partial charge in [-0.15, -0.1) is 10.2 Å². The van der Waals surface area contributed by atoms with Gasteiger partial charge in [-0.25, -0.2) is 0 Å². The van der Waals surface area contributed by atoms with Crippen molar-refractivity contribution in [2.24, 2.45) is 0 Å². The van der Waals surface area contributed by atoms with Crippen molar-refractivity contribution in [1.29, 1.82) is 5.26 Å². The van der Waals surface area contributed by atoms with Crippen LogP contribution >= 0.6 is 0 Å². The fourth-order valence-corrected chi connectivity index (χ4v) is 2.32. The predicted molar refractivity (Wildman–Crippen MR) is 81.7 cm³/mol. The first-order chi connectivity index (χ1) is 10.7. The van der Waals surface area contributed by atoms with Crippen molar-refractivity contribution in [2.45, 2.75) is 20.3 Å². The second-order valence-corrected chi connectivity index (χ2v) is 4.74. The van der Waals surface area contributed by atoms with E-state index in [9.17, 15) is 5.26 Å². The third kappa shape index (κ3) is 2.31. The number of hydrogen-bond acceptors (Lipinski definition) is 6. The van der Waals surface area contributed by atoms with E-state index in [0.29, 0.717) is 0 Å². The number of fused-ring (bicyclic) bond motifs is 1. The lowest BCUT2D eigenvalue weighted by Crippen LogP contribution is -1.93. The molecule has 1 aromatic carbocycles. The molecule has 0 aliphatic rings. The number of tetrazole rings is 1. The van der Waals surface area contributed by atoms with E-state index >= 15 is 0 Å². The molecule has 7 heteroatoms. The number of aromatic amines is 1. The molecule has 0 unspecified atom stereocenters. The molecule has 22 heavy (non-hydrogen) atoms. The molecule has 3 aromatic rings. The maximum Gasteiger partial charge on any atom is 0.216 e. The number of para-hydroxylation sites is 1. The highest BCUT2D eigenvalue weighted by molar-refractivity contribution is 5.93. The number of furan rings is 1. The largest absolute Gasteiger partial charge is 0.459 e. The average molecular weight is 294 g/mol. The van der Waals surface area contributed by atoms with Crippen molar-refractivity contribution in [2.75, 3.05) is 5.32 Å². The fraction of sp³-hybridized carbons (Fsp3) is 0.200. The number of allylic oxidation sites excluding steroid dienone is 1. The number of aryl methyl sites for hydroxylation is 2. The minimum Gasteiger partial charge on any atom is -0.459 e. The van der Waals surface area contributed by atoms with Crippen LogP contribution in [0.1, 0.15) is 24.1 Å². The van der Waals surface area contributed by atoms with Crippen molar-refractivity contribution in [3.05, 3.63) is 41.5 Å². The van der Waals surface area contributed by atoms with E-state index in [1.807, 2.05) is 31.2 Å². The maximum atomic E-state index is 9.17. The zero-order valence-corrected chi connectivity index (χ0v) is 12.2. The summed E-state index contributed by atoms with van der Waals surface area (Å²) in [5.74, 6) is 1.21. The lowest BCUT2D eigenvalue weighted by molar-refractivity contribution is 0.554. The number of benzene rings is 1. The van der Waals surface area contributed by atoms with Crippen molar-refractivity contribution < 1.29 is 4.42 Å². The fourth-order valence-electron chi connectivity index (χ4n) is 2.32. The second-order valence-electron chi connectivity index (χ2n) is 4.74. The number of H-pyrrole nitrogens is 1. The van der Waals surface area contributed by atoms with Crippen molar-refractivity contribution >= 4 is 22.2 Å². The standard InChI is InChI=1S/C15H14N6O/c1-3-13-9(2)11-5-4-6-12(14(11)22-13)17-8-10(7-16)15-18-20-21-19-15/h4-6,8,17H,3H2,1-2H3,(H,18,19,20,21). The Balaban J connectivity index is 1.99. The number of nitrogens with zero attached hydrogens (tertiary/aromatic N) is 4. The molecule has 0 aliphatic carbocycles. The van der Waals surface area contributed by atoms with Gasteiger partial charge in [-0.3, -0.25) is 0 Å². The Kier molecular flexibility index (Phi) is 3.58. The highest BCUT2D eigenvalue weighted by Gasteiger charge is 2.12. The molecule has 0 saturated heterocycles. The van der Waals surface area contributed by atoms with Gasteiger partial charge >= 0.3 is 0 Å². The van der Waals surface area contributed by atoms with Gasteiger partial charge < -0.3 is 9.73 Å². The Morgan fingerprint density at radius 2 is 2.36 bits per heavy atom. The number of anilines is 1. The van der Waals surface area contributed by atoms with E-state index in [4.69, 9.17) is 4.42 Å². The number of nitriles is 1. The molecule has 2 N–H and O–H groups in total. The van der Waals surface area contributed by atoms with Gasteiger partial charge in [0.05, 0.1) is 5.69 Å². The molecule has 0 amide bonds. The van der Waals surface area contributed by atoms with Crippen LogP contribution in [0.25, 0.3) is 16.5 Å². The van der Waals surface area contributed by atoms with Crippen LogP contribution in [0.2, 0.25) is 0 Å². The zero-order chi connectivity index (χ0) is 15.5. The van der Waals surface area contributed by atoms with E-state index in [0.717, 1.165) is 34.4 Å². The summed E-state index contributed by atoms with van der Waals surface area (Å²) in [6, 6.07) is 7.89. The van der Waals surface area contributed by atoms with Crippen molar-refractivity contribution in [3.63, 3.8) is 0 Å². The molecule has 0 saturated carbocycles. The van der Waals surface area contributed by atoms with Gasteiger partial charge in [-0.2, -0.15) is 10.5 Å². The molecule has 3 rings (SSSR count). The number of rotatable bonds is 4. The van der Waals surface area contributed by atoms with Crippen LogP contribution in [0.3, 0.4) is 0 Å². The summed E-state index contributed by atoms with van der Waals surface area (Å²) in [5.41, 5.74) is 2.99. The summed E-state index contributed by atoms with van der Waals surface area (Å²) in [6.45, 7) is 4.10. The van der Waals surface area contributed by atoms with Gasteiger partial charge in [-0.1, -0.05) is 19.1 Å². The molecule has 0 atom stereocenters. The third-order valence-corrected chi connectivity index (χ3v) is 3.46. The van der Waals surface area contributed by atoms with Gasteiger partial charge in [0.15, 0.2) is 5.58 Å². The Hall–Kier alpha value is -3.14. The quantitative estimate of drug-likeness (QED) is 0.717. The topological polar surface area (TPSA) is 103 Å². The molecular weight excluding hydrogens is 280 g/mol. The molecule has 0 spiro atoms. The Morgan fingerprint density at radius 1 is 1.50 bits per heavy atom. The summed E-state index contributed by atoms with van der Waals surface area (Å²) in [5, 5.41) is 26.7. The van der Waals surface area contributed by atoms with Crippen LogP contribution in [0.5, 0.6) is 0 Å². The molecule has 0 aliphatic heterocycles. The lowest BCUT2D eigenvalue weighted by atomic mass is 10.1. The van der Waals surface area contributed by atoms with Crippen molar-refractivity contribution in [3.8, 4) is 6.07 Å². The zero-order valence-electron chi connectivity index (χ0n) is 12.2. The Morgan fingerprint density at radius 3 is 3.05 bits per heavy atom. The lowest BCUT2D eigenvalue weighted by Gasteiger charge is -2.02. The predicted octanol–water partition coefficient (Wildman–Crippen LogP) is 2.79. The van der Waals surface area contributed by atoms with Gasteiger partial charge in [0.2, 0.25) is 5.82 Å². The summed E-state index contributed by atoms with van der Waals surface area (Å²) >= 11 is 0. The first-order valence-corrected chi connectivity index (χ1v) is 6.86. The summed E-state index contributed by atoms with van der Waals surface area (Å²) in [4.78, 5) is 0. The summed E-state index contributed by atoms with van der Waals surface area (Å²) < 4.78 is 5.91. The molecule has 2 heterocycles. The van der Waals surface area contributed by atoms with Gasteiger partial charge in [0.25, 0.3) is 0 Å². The van der Waals surface area contributed by atoms with Crippen LogP contribution in [-0.4, -0.2) is 20.6 Å². The Bertz CT molecular complexity index is 869. The number of hydrogen-bond donors (Lipinski definition) is 2. The molecule has 0 bridgehead atoms. The van der Waals surface area contributed by atoms with Gasteiger partial charge in [-0.05, 0) is 23.8 Å². The molecule has 7 nitrogen and oxygen atoms in total. The van der Waals surface area contributed by atoms with Crippen LogP contribution < -0.4 is 5.32 Å². The summed E-state index contributed by atoms with van der Waals surface area (Å²) in [7, 11) is 0. The second kappa shape index (κ2) is 5.69. The van der Waals surface area contributed by atoms with Gasteiger partial charge in [0.1, 0.15) is 17.4 Å². The average Bonchev–Trinajstić information content (AvgIpc) is 3.17. The smallest absolute Gasteiger partial charge is 0.216 e. The monoisotopic (exact) mass is 294 g/mol. The molecule has 2 aromatic heterocycles. The van der Waals surface area contributed by atoms with Crippen LogP contribution in [-0.2, 0) is 6.42 Å². The van der Waals surface area contributed by atoms with Gasteiger partial charge in [0, 0.05) is 18.0 Å². The Labute approximate surface area is 126 Å². The molecule has 0 fully saturated rings. The van der Waals surface area contributed by atoms with Crippen LogP contribution in [0.4, 0.5) is 5.69 Å². The number of aromatic nitrogens is 4. The highest BCUT2D eigenvalue weighted by Crippen LogP contribution is 2.31. The van der Waals surface area contributed by atoms with E-state index < -0.39 is 0 Å². The SMILES string of the molecule is CCc1oc2c(NC=C(C#N)c3nn[nH]n3)cccc2c1C.